The third kappa shape index (κ3) is 5.73. The van der Waals surface area contributed by atoms with Crippen LogP contribution in [0.3, 0.4) is 0 Å². The van der Waals surface area contributed by atoms with Crippen molar-refractivity contribution in [3.8, 4) is 67.5 Å². The monoisotopic (exact) mass is 995 g/mol. The number of hydrogen-bond acceptors (Lipinski definition) is 4. The molecule has 0 amide bonds. The molecule has 0 N–H and O–H groups in total. The first-order chi connectivity index (χ1) is 38.7. The molecule has 4 heteroatoms. The van der Waals surface area contributed by atoms with Crippen molar-refractivity contribution in [2.75, 3.05) is 4.90 Å². The van der Waals surface area contributed by atoms with Gasteiger partial charge in [0.1, 0.15) is 34.2 Å². The quantitative estimate of drug-likeness (QED) is 0.172. The van der Waals surface area contributed by atoms with Gasteiger partial charge in [-0.3, -0.25) is 0 Å². The van der Waals surface area contributed by atoms with Crippen LogP contribution < -0.4 is 14.4 Å². The van der Waals surface area contributed by atoms with Crippen molar-refractivity contribution >= 4 is 39.0 Å². The van der Waals surface area contributed by atoms with E-state index in [1.165, 1.54) is 50.1 Å². The molecular weight excluding hydrogens is 951 g/mol. The summed E-state index contributed by atoms with van der Waals surface area (Å²) in [7, 11) is 0. The number of fused-ring (bicyclic) bond motifs is 21. The summed E-state index contributed by atoms with van der Waals surface area (Å²) in [6, 6.07) is 99.3. The fraction of sp³-hybridized carbons (Fsp3) is 0.0270. The molecule has 0 saturated heterocycles. The molecule has 4 aliphatic rings. The highest BCUT2D eigenvalue weighted by molar-refractivity contribution is 6.07. The van der Waals surface area contributed by atoms with E-state index in [0.717, 1.165) is 101 Å². The third-order valence-electron chi connectivity index (χ3n) is 17.2. The topological polar surface area (TPSA) is 34.8 Å². The fourth-order valence-corrected chi connectivity index (χ4v) is 14.2. The first kappa shape index (κ1) is 43.1. The highest BCUT2D eigenvalue weighted by Gasteiger charge is 2.53. The van der Waals surface area contributed by atoms with Gasteiger partial charge in [-0.15, -0.1) is 0 Å². The molecule has 13 aromatic rings. The number of ether oxygens (including phenoxy) is 2. The van der Waals surface area contributed by atoms with Gasteiger partial charge >= 0.3 is 0 Å². The normalized spacial score (nSPS) is 14.1. The first-order valence-corrected chi connectivity index (χ1v) is 26.8. The van der Waals surface area contributed by atoms with E-state index in [-0.39, 0.29) is 0 Å². The molecule has 364 valence electrons. The van der Waals surface area contributed by atoms with Gasteiger partial charge in [-0.2, -0.15) is 0 Å². The van der Waals surface area contributed by atoms with Gasteiger partial charge < -0.3 is 18.8 Å². The lowest BCUT2D eigenvalue weighted by molar-refractivity contribution is 0.436. The van der Waals surface area contributed by atoms with E-state index in [1.54, 1.807) is 0 Å². The second-order valence-electron chi connectivity index (χ2n) is 20.9. The van der Waals surface area contributed by atoms with Gasteiger partial charge in [0.2, 0.25) is 0 Å². The minimum atomic E-state index is -0.629. The van der Waals surface area contributed by atoms with Gasteiger partial charge in [0.25, 0.3) is 0 Å². The Kier molecular flexibility index (Phi) is 8.94. The molecule has 1 aromatic heterocycles. The van der Waals surface area contributed by atoms with Crippen molar-refractivity contribution in [1.82, 2.24) is 0 Å². The summed E-state index contributed by atoms with van der Waals surface area (Å²) in [4.78, 5) is 2.48. The van der Waals surface area contributed by atoms with Crippen LogP contribution in [-0.4, -0.2) is 0 Å². The molecule has 0 bridgehead atoms. The molecule has 3 heterocycles. The maximum atomic E-state index is 6.76. The summed E-state index contributed by atoms with van der Waals surface area (Å²) in [5.41, 5.74) is 22.7. The molecule has 4 nitrogen and oxygen atoms in total. The van der Waals surface area contributed by atoms with Crippen LogP contribution in [0.5, 0.6) is 23.0 Å². The van der Waals surface area contributed by atoms with E-state index in [2.05, 4.69) is 266 Å². The maximum absolute atomic E-state index is 6.76. The van der Waals surface area contributed by atoms with Crippen LogP contribution in [0.15, 0.2) is 277 Å². The zero-order valence-electron chi connectivity index (χ0n) is 42.2. The number of hydrogen-bond donors (Lipinski definition) is 0. The fourth-order valence-electron chi connectivity index (χ4n) is 14.2. The van der Waals surface area contributed by atoms with Crippen LogP contribution in [0.25, 0.3) is 66.4 Å². The van der Waals surface area contributed by atoms with E-state index in [1.807, 2.05) is 12.1 Å². The Balaban J connectivity index is 0.892. The van der Waals surface area contributed by atoms with Gasteiger partial charge in [-0.25, -0.2) is 0 Å². The summed E-state index contributed by atoms with van der Waals surface area (Å²) in [6.07, 6.45) is 0. The number of para-hydroxylation sites is 5. The molecule has 2 aliphatic heterocycles. The summed E-state index contributed by atoms with van der Waals surface area (Å²) in [5.74, 6) is 3.51. The van der Waals surface area contributed by atoms with Crippen molar-refractivity contribution in [2.24, 2.45) is 0 Å². The minimum Gasteiger partial charge on any atom is -0.457 e. The number of nitrogens with zero attached hydrogens (tertiary/aromatic N) is 1. The minimum absolute atomic E-state index is 0.580. The van der Waals surface area contributed by atoms with Gasteiger partial charge in [0.05, 0.1) is 16.5 Å². The molecule has 2 spiro atoms. The molecule has 17 rings (SSSR count). The van der Waals surface area contributed by atoms with Gasteiger partial charge in [0.15, 0.2) is 0 Å². The maximum Gasteiger partial charge on any atom is 0.135 e. The van der Waals surface area contributed by atoms with Gasteiger partial charge in [0, 0.05) is 50.0 Å². The summed E-state index contributed by atoms with van der Waals surface area (Å²) < 4.78 is 19.7. The molecule has 2 aliphatic carbocycles. The second kappa shape index (κ2) is 16.2. The smallest absolute Gasteiger partial charge is 0.135 e. The standard InChI is InChI=1S/C74H45NO3/c1-4-24-56-53(21-1)71-51(23-16-30-62(71)73(56)58-26-6-11-34-67(58)77-68-35-12-7-27-59(68)73)48-18-15-19-50(44-48)75(49-41-38-46(39-42-49)47-40-43-66-55(45-47)52-20-3-10-33-65(52)76-66)64-32-17-31-63-72(64)54-22-2-5-25-57(54)74(63)60-28-8-13-36-69(60)78-70-37-14-9-29-61(70)74/h1-45H. The third-order valence-corrected chi connectivity index (χ3v) is 17.2. The number of furan rings is 1. The average molecular weight is 996 g/mol. The average Bonchev–Trinajstić information content (AvgIpc) is 4.30. The lowest BCUT2D eigenvalue weighted by Crippen LogP contribution is -2.32. The number of rotatable bonds is 5. The molecule has 12 aromatic carbocycles. The van der Waals surface area contributed by atoms with E-state index in [0.29, 0.717) is 0 Å². The van der Waals surface area contributed by atoms with E-state index < -0.39 is 10.8 Å². The predicted molar refractivity (Wildman–Crippen MR) is 314 cm³/mol. The van der Waals surface area contributed by atoms with Crippen LogP contribution in [0.1, 0.15) is 44.5 Å². The zero-order chi connectivity index (χ0) is 51.1. The Morgan fingerprint density at radius 2 is 0.731 bits per heavy atom. The van der Waals surface area contributed by atoms with E-state index in [9.17, 15) is 0 Å². The molecule has 0 saturated carbocycles. The molecule has 78 heavy (non-hydrogen) atoms. The molecule has 0 unspecified atom stereocenters. The molecular formula is C74H45NO3. The Bertz CT molecular complexity index is 4570. The summed E-state index contributed by atoms with van der Waals surface area (Å²) in [6.45, 7) is 0. The lowest BCUT2D eigenvalue weighted by Gasteiger charge is -2.39. The molecule has 0 atom stereocenters. The number of benzene rings is 12. The number of anilines is 3. The predicted octanol–water partition coefficient (Wildman–Crippen LogP) is 19.3. The molecule has 0 fully saturated rings. The summed E-state index contributed by atoms with van der Waals surface area (Å²) >= 11 is 0. The largest absolute Gasteiger partial charge is 0.457 e. The lowest BCUT2D eigenvalue weighted by atomic mass is 9.66. The zero-order valence-corrected chi connectivity index (χ0v) is 42.2. The van der Waals surface area contributed by atoms with Gasteiger partial charge in [-0.1, -0.05) is 200 Å². The van der Waals surface area contributed by atoms with Crippen molar-refractivity contribution in [3.63, 3.8) is 0 Å². The highest BCUT2D eigenvalue weighted by atomic mass is 16.5. The Hall–Kier alpha value is -10.2. The van der Waals surface area contributed by atoms with Crippen LogP contribution in [0, 0.1) is 0 Å². The van der Waals surface area contributed by atoms with Crippen LogP contribution >= 0.6 is 0 Å². The van der Waals surface area contributed by atoms with Gasteiger partial charge in [-0.05, 0) is 134 Å². The van der Waals surface area contributed by atoms with Crippen molar-refractivity contribution < 1.29 is 13.9 Å². The van der Waals surface area contributed by atoms with E-state index >= 15 is 0 Å². The second-order valence-corrected chi connectivity index (χ2v) is 20.9. The Labute approximate surface area is 451 Å². The SMILES string of the molecule is c1cc(-c2cccc3c2-c2ccccc2C32c3ccccc3Oc3ccccc32)cc(N(c2ccc(-c3ccc4oc5ccccc5c4c3)cc2)c2cccc3c2-c2ccccc2C32c3ccccc3Oc3ccccc32)c1. The van der Waals surface area contributed by atoms with Crippen molar-refractivity contribution in [2.45, 2.75) is 10.8 Å². The van der Waals surface area contributed by atoms with Crippen LogP contribution in [0.2, 0.25) is 0 Å². The Morgan fingerprint density at radius 1 is 0.269 bits per heavy atom. The summed E-state index contributed by atoms with van der Waals surface area (Å²) in [5, 5.41) is 2.23. The van der Waals surface area contributed by atoms with Crippen molar-refractivity contribution in [1.29, 1.82) is 0 Å². The molecule has 0 radical (unpaired) electrons. The first-order valence-electron chi connectivity index (χ1n) is 26.8. The van der Waals surface area contributed by atoms with Crippen LogP contribution in [0.4, 0.5) is 17.1 Å². The van der Waals surface area contributed by atoms with Crippen molar-refractivity contribution in [3.05, 3.63) is 317 Å². The van der Waals surface area contributed by atoms with Crippen LogP contribution in [-0.2, 0) is 10.8 Å². The highest BCUT2D eigenvalue weighted by Crippen LogP contribution is 2.66. The van der Waals surface area contributed by atoms with E-state index in [4.69, 9.17) is 13.9 Å². The Morgan fingerprint density at radius 3 is 1.36 bits per heavy atom.